The molecule has 0 aromatic rings. The van der Waals surface area contributed by atoms with Crippen molar-refractivity contribution in [2.24, 2.45) is 23.7 Å². The fourth-order valence-electron chi connectivity index (χ4n) is 4.69. The monoisotopic (exact) mass is 236 g/mol. The fourth-order valence-corrected chi connectivity index (χ4v) is 4.69. The van der Waals surface area contributed by atoms with Crippen LogP contribution in [0, 0.1) is 23.7 Å². The smallest absolute Gasteiger partial charge is 0.0332 e. The topological polar surface area (TPSA) is 0 Å². The van der Waals surface area contributed by atoms with Gasteiger partial charge in [0.05, 0.1) is 0 Å². The summed E-state index contributed by atoms with van der Waals surface area (Å²) in [6.45, 7) is 4.87. The van der Waals surface area contributed by atoms with E-state index in [9.17, 15) is 0 Å². The zero-order chi connectivity index (χ0) is 12.1. The molecule has 3 atom stereocenters. The van der Waals surface area contributed by atoms with E-state index in [0.29, 0.717) is 0 Å². The van der Waals surface area contributed by atoms with Crippen molar-refractivity contribution in [3.63, 3.8) is 0 Å². The average Bonchev–Trinajstić information content (AvgIpc) is 2.72. The Kier molecular flexibility index (Phi) is 5.38. The van der Waals surface area contributed by atoms with Crippen LogP contribution in [-0.2, 0) is 0 Å². The summed E-state index contributed by atoms with van der Waals surface area (Å²) < 4.78 is 0. The molecule has 0 aromatic carbocycles. The van der Waals surface area contributed by atoms with Gasteiger partial charge >= 0.3 is 0 Å². The summed E-state index contributed by atoms with van der Waals surface area (Å²) in [5.74, 6) is 4.34. The first-order chi connectivity index (χ1) is 8.33. The molecule has 0 N–H and O–H groups in total. The van der Waals surface area contributed by atoms with Gasteiger partial charge in [-0.05, 0) is 30.1 Å². The van der Waals surface area contributed by atoms with Crippen molar-refractivity contribution >= 4 is 0 Å². The normalized spacial score (nSPS) is 35.3. The molecule has 2 rings (SSSR count). The summed E-state index contributed by atoms with van der Waals surface area (Å²) in [4.78, 5) is 0. The van der Waals surface area contributed by atoms with Crippen molar-refractivity contribution in [3.05, 3.63) is 0 Å². The molecule has 2 aliphatic rings. The maximum Gasteiger partial charge on any atom is -0.0332 e. The molecule has 3 unspecified atom stereocenters. The predicted molar refractivity (Wildman–Crippen MR) is 76.1 cm³/mol. The lowest BCUT2D eigenvalue weighted by atomic mass is 9.71. The van der Waals surface area contributed by atoms with Gasteiger partial charge in [0.2, 0.25) is 0 Å². The van der Waals surface area contributed by atoms with Crippen LogP contribution in [0.4, 0.5) is 0 Å². The van der Waals surface area contributed by atoms with Crippen LogP contribution in [0.3, 0.4) is 0 Å². The molecule has 0 aliphatic heterocycles. The maximum absolute atomic E-state index is 2.54. The molecular formula is C17H32. The second-order valence-corrected chi connectivity index (χ2v) is 6.79. The Hall–Kier alpha value is 0. The van der Waals surface area contributed by atoms with Gasteiger partial charge in [0.15, 0.2) is 0 Å². The van der Waals surface area contributed by atoms with Crippen LogP contribution in [-0.4, -0.2) is 0 Å². The highest BCUT2D eigenvalue weighted by molar-refractivity contribution is 4.88. The fraction of sp³-hybridized carbons (Fsp3) is 1.00. The Morgan fingerprint density at radius 3 is 2.35 bits per heavy atom. The molecule has 0 radical (unpaired) electrons. The van der Waals surface area contributed by atoms with Crippen LogP contribution in [0.2, 0.25) is 0 Å². The van der Waals surface area contributed by atoms with E-state index in [-0.39, 0.29) is 0 Å². The summed E-state index contributed by atoms with van der Waals surface area (Å²) in [6, 6.07) is 0. The Bertz CT molecular complexity index is 202. The molecule has 2 aliphatic carbocycles. The molecule has 0 heterocycles. The minimum absolute atomic E-state index is 1.03. The van der Waals surface area contributed by atoms with Gasteiger partial charge in [-0.15, -0.1) is 0 Å². The molecule has 0 bridgehead atoms. The van der Waals surface area contributed by atoms with E-state index in [2.05, 4.69) is 13.8 Å². The third kappa shape index (κ3) is 3.48. The van der Waals surface area contributed by atoms with Crippen LogP contribution >= 0.6 is 0 Å². The summed E-state index contributed by atoms with van der Waals surface area (Å²) in [5.41, 5.74) is 0. The Morgan fingerprint density at radius 2 is 1.65 bits per heavy atom. The van der Waals surface area contributed by atoms with Crippen LogP contribution in [0.5, 0.6) is 0 Å². The van der Waals surface area contributed by atoms with Gasteiger partial charge in [0, 0.05) is 0 Å². The van der Waals surface area contributed by atoms with Crippen molar-refractivity contribution in [3.8, 4) is 0 Å². The predicted octanol–water partition coefficient (Wildman–Crippen LogP) is 5.81. The van der Waals surface area contributed by atoms with Gasteiger partial charge in [-0.3, -0.25) is 0 Å². The highest BCUT2D eigenvalue weighted by atomic mass is 14.4. The third-order valence-electron chi connectivity index (χ3n) is 5.57. The van der Waals surface area contributed by atoms with Gasteiger partial charge in [0.1, 0.15) is 0 Å². The van der Waals surface area contributed by atoms with E-state index >= 15 is 0 Å². The van der Waals surface area contributed by atoms with E-state index in [4.69, 9.17) is 0 Å². The second kappa shape index (κ2) is 6.81. The first-order valence-electron chi connectivity index (χ1n) is 8.33. The highest BCUT2D eigenvalue weighted by Crippen LogP contribution is 2.47. The summed E-state index contributed by atoms with van der Waals surface area (Å²) in [6.07, 6.45) is 16.6. The van der Waals surface area contributed by atoms with Crippen LogP contribution < -0.4 is 0 Å². The summed E-state index contributed by atoms with van der Waals surface area (Å²) in [7, 11) is 0. The minimum Gasteiger partial charge on any atom is -0.0654 e. The number of hydrogen-bond donors (Lipinski definition) is 0. The van der Waals surface area contributed by atoms with Crippen LogP contribution in [0.15, 0.2) is 0 Å². The first kappa shape index (κ1) is 13.4. The number of hydrogen-bond acceptors (Lipinski definition) is 0. The van der Waals surface area contributed by atoms with Gasteiger partial charge in [-0.2, -0.15) is 0 Å². The lowest BCUT2D eigenvalue weighted by molar-refractivity contribution is 0.159. The summed E-state index contributed by atoms with van der Waals surface area (Å²) >= 11 is 0. The molecule has 0 amide bonds. The van der Waals surface area contributed by atoms with Crippen molar-refractivity contribution in [2.75, 3.05) is 0 Å². The lowest BCUT2D eigenvalue weighted by Crippen LogP contribution is -2.25. The third-order valence-corrected chi connectivity index (χ3v) is 5.57. The van der Waals surface area contributed by atoms with Gasteiger partial charge in [-0.1, -0.05) is 78.1 Å². The maximum atomic E-state index is 2.54. The molecule has 17 heavy (non-hydrogen) atoms. The molecule has 2 fully saturated rings. The molecule has 0 nitrogen and oxygen atoms in total. The van der Waals surface area contributed by atoms with E-state index in [1.165, 1.54) is 44.9 Å². The summed E-state index contributed by atoms with van der Waals surface area (Å²) in [5, 5.41) is 0. The molecule has 0 spiro atoms. The zero-order valence-corrected chi connectivity index (χ0v) is 12.1. The van der Waals surface area contributed by atoms with Crippen LogP contribution in [0.1, 0.15) is 84.5 Å². The molecule has 0 aromatic heterocycles. The Balaban J connectivity index is 1.86. The van der Waals surface area contributed by atoms with Crippen LogP contribution in [0.25, 0.3) is 0 Å². The van der Waals surface area contributed by atoms with E-state index in [0.717, 1.165) is 23.7 Å². The second-order valence-electron chi connectivity index (χ2n) is 6.79. The largest absolute Gasteiger partial charge is 0.0654 e. The lowest BCUT2D eigenvalue weighted by Gasteiger charge is -2.34. The molecular weight excluding hydrogens is 204 g/mol. The molecule has 100 valence electrons. The van der Waals surface area contributed by atoms with E-state index in [1.54, 1.807) is 25.7 Å². The van der Waals surface area contributed by atoms with Crippen molar-refractivity contribution in [1.82, 2.24) is 0 Å². The number of rotatable bonds is 5. The van der Waals surface area contributed by atoms with E-state index < -0.39 is 0 Å². The van der Waals surface area contributed by atoms with Crippen molar-refractivity contribution in [2.45, 2.75) is 84.5 Å². The minimum atomic E-state index is 1.03. The van der Waals surface area contributed by atoms with Gasteiger partial charge < -0.3 is 0 Å². The van der Waals surface area contributed by atoms with Gasteiger partial charge in [-0.25, -0.2) is 0 Å². The number of unbranched alkanes of at least 4 members (excludes halogenated alkanes) is 2. The van der Waals surface area contributed by atoms with E-state index in [1.807, 2.05) is 0 Å². The quantitative estimate of drug-likeness (QED) is 0.528. The molecule has 0 heteroatoms. The molecule has 2 saturated carbocycles. The van der Waals surface area contributed by atoms with Crippen molar-refractivity contribution < 1.29 is 0 Å². The first-order valence-corrected chi connectivity index (χ1v) is 8.33. The SMILES string of the molecule is CCCCCC1CCC(C)C1C1CCCCC1. The highest BCUT2D eigenvalue weighted by Gasteiger charge is 2.38. The van der Waals surface area contributed by atoms with Crippen molar-refractivity contribution in [1.29, 1.82) is 0 Å². The zero-order valence-electron chi connectivity index (χ0n) is 12.1. The van der Waals surface area contributed by atoms with Gasteiger partial charge in [0.25, 0.3) is 0 Å². The standard InChI is InChI=1S/C17H32/c1-3-4-6-9-16-13-12-14(2)17(16)15-10-7-5-8-11-15/h14-17H,3-13H2,1-2H3. The Labute approximate surface area is 109 Å². The average molecular weight is 236 g/mol. The Morgan fingerprint density at radius 1 is 0.882 bits per heavy atom. The molecule has 0 saturated heterocycles.